The molecule has 0 radical (unpaired) electrons. The van der Waals surface area contributed by atoms with Gasteiger partial charge in [0.15, 0.2) is 4.80 Å². The van der Waals surface area contributed by atoms with Crippen LogP contribution < -0.4 is 9.70 Å². The maximum atomic E-state index is 12.6. The zero-order chi connectivity index (χ0) is 18.8. The van der Waals surface area contributed by atoms with Gasteiger partial charge in [-0.3, -0.25) is 4.79 Å². The highest BCUT2D eigenvalue weighted by Crippen LogP contribution is 2.23. The normalized spacial score (nSPS) is 11.6. The van der Waals surface area contributed by atoms with Gasteiger partial charge in [-0.15, -0.1) is 6.42 Å². The summed E-state index contributed by atoms with van der Waals surface area (Å²) in [5.74, 6) is 2.41. The summed E-state index contributed by atoms with van der Waals surface area (Å²) in [5, 5.41) is 0. The largest absolute Gasteiger partial charge is 0.378 e. The van der Waals surface area contributed by atoms with Crippen LogP contribution in [0.1, 0.15) is 21.5 Å². The predicted molar refractivity (Wildman–Crippen MR) is 109 cm³/mol. The summed E-state index contributed by atoms with van der Waals surface area (Å²) >= 11 is 1.50. The Labute approximate surface area is 157 Å². The molecule has 0 aliphatic heterocycles. The molecule has 1 amide bonds. The van der Waals surface area contributed by atoms with Crippen LogP contribution in [0, 0.1) is 26.2 Å². The van der Waals surface area contributed by atoms with Gasteiger partial charge in [-0.05, 0) is 55.3 Å². The summed E-state index contributed by atoms with van der Waals surface area (Å²) in [6.45, 7) is 4.50. The monoisotopic (exact) mass is 363 g/mol. The number of anilines is 1. The van der Waals surface area contributed by atoms with Crippen molar-refractivity contribution >= 4 is 33.1 Å². The van der Waals surface area contributed by atoms with Gasteiger partial charge >= 0.3 is 0 Å². The minimum Gasteiger partial charge on any atom is -0.378 e. The molecule has 0 N–H and O–H groups in total. The summed E-state index contributed by atoms with van der Waals surface area (Å²) in [7, 11) is 3.93. The van der Waals surface area contributed by atoms with Crippen LogP contribution in [0.3, 0.4) is 0 Å². The van der Waals surface area contributed by atoms with Gasteiger partial charge in [0.1, 0.15) is 0 Å². The first kappa shape index (κ1) is 18.0. The molecule has 0 spiro atoms. The molecule has 3 aromatic rings. The third-order valence-electron chi connectivity index (χ3n) is 4.19. The maximum Gasteiger partial charge on any atom is 0.279 e. The van der Waals surface area contributed by atoms with Crippen LogP contribution >= 0.6 is 11.3 Å². The molecule has 26 heavy (non-hydrogen) atoms. The van der Waals surface area contributed by atoms with E-state index in [1.54, 1.807) is 12.1 Å². The average Bonchev–Trinajstić information content (AvgIpc) is 2.93. The Balaban J connectivity index is 2.11. The molecule has 2 aromatic carbocycles. The van der Waals surface area contributed by atoms with Gasteiger partial charge in [0.2, 0.25) is 0 Å². The van der Waals surface area contributed by atoms with E-state index in [1.807, 2.05) is 35.7 Å². The van der Waals surface area contributed by atoms with E-state index >= 15 is 0 Å². The van der Waals surface area contributed by atoms with Crippen LogP contribution in [0.5, 0.6) is 0 Å². The molecule has 3 rings (SSSR count). The topological polar surface area (TPSA) is 37.6 Å². The van der Waals surface area contributed by atoms with E-state index in [4.69, 9.17) is 6.42 Å². The third-order valence-corrected chi connectivity index (χ3v) is 5.42. The molecule has 0 fully saturated rings. The molecule has 0 atom stereocenters. The summed E-state index contributed by atoms with van der Waals surface area (Å²) in [4.78, 5) is 19.6. The lowest BCUT2D eigenvalue weighted by atomic mass is 10.1. The van der Waals surface area contributed by atoms with Crippen LogP contribution in [0.4, 0.5) is 5.69 Å². The second-order valence-corrected chi connectivity index (χ2v) is 7.44. The Morgan fingerprint density at radius 1 is 1.23 bits per heavy atom. The summed E-state index contributed by atoms with van der Waals surface area (Å²) in [5.41, 5.74) is 4.96. The lowest BCUT2D eigenvalue weighted by molar-refractivity contribution is 0.0998. The standard InChI is InChI=1S/C21H21N3OS/c1-6-11-24-18-13-14(2)12-15(3)19(18)26-21(24)22-20(25)16-7-9-17(10-8-16)23(4)5/h1,7-10,12-13H,11H2,2-5H3. The maximum absolute atomic E-state index is 12.6. The van der Waals surface area contributed by atoms with Crippen LogP contribution in [0.25, 0.3) is 10.2 Å². The number of amides is 1. The Hall–Kier alpha value is -2.84. The van der Waals surface area contributed by atoms with Gasteiger partial charge in [0.05, 0.1) is 16.8 Å². The number of hydrogen-bond donors (Lipinski definition) is 0. The van der Waals surface area contributed by atoms with E-state index in [-0.39, 0.29) is 5.91 Å². The highest BCUT2D eigenvalue weighted by molar-refractivity contribution is 7.16. The van der Waals surface area contributed by atoms with Gasteiger partial charge in [-0.2, -0.15) is 4.99 Å². The lowest BCUT2D eigenvalue weighted by Gasteiger charge is -2.11. The molecule has 5 heteroatoms. The van der Waals surface area contributed by atoms with Crippen molar-refractivity contribution in [3.63, 3.8) is 0 Å². The van der Waals surface area contributed by atoms with Crippen LogP contribution in [0.15, 0.2) is 41.4 Å². The number of thiazole rings is 1. The number of benzene rings is 2. The fourth-order valence-corrected chi connectivity index (χ4v) is 3.97. The van der Waals surface area contributed by atoms with Gasteiger partial charge in [0, 0.05) is 25.3 Å². The number of fused-ring (bicyclic) bond motifs is 1. The molecule has 0 saturated heterocycles. The summed E-state index contributed by atoms with van der Waals surface area (Å²) in [6.07, 6.45) is 5.55. The fraction of sp³-hybridized carbons (Fsp3) is 0.238. The van der Waals surface area contributed by atoms with Gasteiger partial charge in [-0.25, -0.2) is 0 Å². The molecule has 0 bridgehead atoms. The van der Waals surface area contributed by atoms with Crippen molar-refractivity contribution in [2.24, 2.45) is 4.99 Å². The van der Waals surface area contributed by atoms with Crippen molar-refractivity contribution in [2.45, 2.75) is 20.4 Å². The fourth-order valence-electron chi connectivity index (χ4n) is 2.90. The Morgan fingerprint density at radius 3 is 2.54 bits per heavy atom. The molecule has 0 aliphatic rings. The van der Waals surface area contributed by atoms with E-state index < -0.39 is 0 Å². The number of rotatable bonds is 3. The van der Waals surface area contributed by atoms with Crippen LogP contribution in [-0.2, 0) is 6.54 Å². The van der Waals surface area contributed by atoms with Gasteiger partial charge in [-0.1, -0.05) is 23.3 Å². The first-order chi connectivity index (χ1) is 12.4. The zero-order valence-corrected chi connectivity index (χ0v) is 16.2. The minimum atomic E-state index is -0.262. The highest BCUT2D eigenvalue weighted by Gasteiger charge is 2.11. The molecule has 0 unspecified atom stereocenters. The number of aromatic nitrogens is 1. The second kappa shape index (κ2) is 7.19. The van der Waals surface area contributed by atoms with E-state index in [9.17, 15) is 4.79 Å². The second-order valence-electron chi connectivity index (χ2n) is 6.46. The van der Waals surface area contributed by atoms with E-state index in [2.05, 4.69) is 36.9 Å². The van der Waals surface area contributed by atoms with Crippen molar-refractivity contribution in [3.8, 4) is 12.3 Å². The van der Waals surface area contributed by atoms with Crippen LogP contribution in [0.2, 0.25) is 0 Å². The zero-order valence-electron chi connectivity index (χ0n) is 15.4. The molecule has 0 saturated carbocycles. The molecule has 1 aromatic heterocycles. The number of terminal acetylenes is 1. The van der Waals surface area contributed by atoms with Crippen molar-refractivity contribution in [1.82, 2.24) is 4.57 Å². The molecule has 1 heterocycles. The average molecular weight is 363 g/mol. The quantitative estimate of drug-likeness (QED) is 0.665. The number of hydrogen-bond acceptors (Lipinski definition) is 3. The van der Waals surface area contributed by atoms with E-state index in [0.717, 1.165) is 21.5 Å². The number of aryl methyl sites for hydroxylation is 2. The van der Waals surface area contributed by atoms with Crippen molar-refractivity contribution in [3.05, 3.63) is 57.9 Å². The lowest BCUT2D eigenvalue weighted by Crippen LogP contribution is -2.16. The number of carbonyl (C=O) groups excluding carboxylic acids is 1. The van der Waals surface area contributed by atoms with Crippen molar-refractivity contribution in [2.75, 3.05) is 19.0 Å². The molecule has 132 valence electrons. The highest BCUT2D eigenvalue weighted by atomic mass is 32.1. The Bertz CT molecular complexity index is 1080. The molecular weight excluding hydrogens is 342 g/mol. The van der Waals surface area contributed by atoms with Crippen LogP contribution in [-0.4, -0.2) is 24.6 Å². The minimum absolute atomic E-state index is 0.262. The van der Waals surface area contributed by atoms with E-state index in [1.165, 1.54) is 16.9 Å². The Morgan fingerprint density at radius 2 is 1.92 bits per heavy atom. The van der Waals surface area contributed by atoms with E-state index in [0.29, 0.717) is 16.9 Å². The first-order valence-electron chi connectivity index (χ1n) is 8.31. The Kier molecular flexibility index (Phi) is 4.97. The molecule has 0 aliphatic carbocycles. The number of carbonyl (C=O) groups is 1. The molecular formula is C21H21N3OS. The summed E-state index contributed by atoms with van der Waals surface area (Å²) < 4.78 is 3.05. The predicted octanol–water partition coefficient (Wildman–Crippen LogP) is 3.76. The van der Waals surface area contributed by atoms with Gasteiger partial charge in [0.25, 0.3) is 5.91 Å². The van der Waals surface area contributed by atoms with Gasteiger partial charge < -0.3 is 9.47 Å². The SMILES string of the molecule is C#CCn1c(=NC(=O)c2ccc(N(C)C)cc2)sc2c(C)cc(C)cc21. The smallest absolute Gasteiger partial charge is 0.279 e. The third kappa shape index (κ3) is 3.42. The van der Waals surface area contributed by atoms with Crippen molar-refractivity contribution < 1.29 is 4.79 Å². The number of nitrogens with zero attached hydrogens (tertiary/aromatic N) is 3. The molecule has 4 nitrogen and oxygen atoms in total. The van der Waals surface area contributed by atoms with Crippen molar-refractivity contribution in [1.29, 1.82) is 0 Å². The summed E-state index contributed by atoms with van der Waals surface area (Å²) in [6, 6.07) is 11.6. The first-order valence-corrected chi connectivity index (χ1v) is 9.13.